The van der Waals surface area contributed by atoms with Crippen LogP contribution in [0.4, 0.5) is 11.5 Å². The van der Waals surface area contributed by atoms with Crippen LogP contribution in [0.15, 0.2) is 83.8 Å². The first kappa shape index (κ1) is 21.9. The van der Waals surface area contributed by atoms with Crippen LogP contribution in [0.1, 0.15) is 0 Å². The van der Waals surface area contributed by atoms with Gasteiger partial charge in [0.05, 0.1) is 10.6 Å². The fourth-order valence-electron chi connectivity index (χ4n) is 4.12. The molecule has 9 nitrogen and oxygen atoms in total. The van der Waals surface area contributed by atoms with Crippen molar-refractivity contribution in [2.75, 3.05) is 31.1 Å². The van der Waals surface area contributed by atoms with E-state index in [9.17, 15) is 18.5 Å². The van der Waals surface area contributed by atoms with Gasteiger partial charge in [-0.15, -0.1) is 10.2 Å². The van der Waals surface area contributed by atoms with Crippen LogP contribution < -0.4 is 4.90 Å². The molecule has 0 aliphatic carbocycles. The number of piperazine rings is 1. The predicted octanol–water partition coefficient (Wildman–Crippen LogP) is 3.72. The highest BCUT2D eigenvalue weighted by atomic mass is 32.2. The second-order valence-corrected chi connectivity index (χ2v) is 9.86. The van der Waals surface area contributed by atoms with Gasteiger partial charge in [0.15, 0.2) is 10.7 Å². The van der Waals surface area contributed by atoms with E-state index in [2.05, 4.69) is 34.5 Å². The molecule has 10 heteroatoms. The number of para-hydroxylation sites is 1. The Labute approximate surface area is 196 Å². The maximum atomic E-state index is 13.0. The Balaban J connectivity index is 1.30. The van der Waals surface area contributed by atoms with Gasteiger partial charge >= 0.3 is 0 Å². The molecule has 1 saturated heterocycles. The highest BCUT2D eigenvalue weighted by Gasteiger charge is 2.33. The van der Waals surface area contributed by atoms with Gasteiger partial charge in [-0.2, -0.15) is 4.31 Å². The Hall–Kier alpha value is -3.89. The van der Waals surface area contributed by atoms with Crippen molar-refractivity contribution in [2.45, 2.75) is 4.90 Å². The molecule has 34 heavy (non-hydrogen) atoms. The summed E-state index contributed by atoms with van der Waals surface area (Å²) in [5.41, 5.74) is 1.31. The largest absolute Gasteiger partial charge is 0.352 e. The minimum absolute atomic E-state index is 0.197. The third-order valence-corrected chi connectivity index (χ3v) is 7.88. The second-order valence-electron chi connectivity index (χ2n) is 7.95. The third kappa shape index (κ3) is 4.09. The molecular formula is C24H21N5O4S. The fourth-order valence-corrected chi connectivity index (χ4v) is 5.70. The Kier molecular flexibility index (Phi) is 5.68. The molecule has 1 fully saturated rings. The van der Waals surface area contributed by atoms with E-state index in [1.165, 1.54) is 28.6 Å². The van der Waals surface area contributed by atoms with Crippen LogP contribution in [0, 0.1) is 10.1 Å². The maximum absolute atomic E-state index is 13.0. The summed E-state index contributed by atoms with van der Waals surface area (Å²) in [5.74, 6) is 0.660. The van der Waals surface area contributed by atoms with Crippen LogP contribution in [0.2, 0.25) is 0 Å². The summed E-state index contributed by atoms with van der Waals surface area (Å²) in [4.78, 5) is 12.3. The highest BCUT2D eigenvalue weighted by molar-refractivity contribution is 7.89. The normalized spacial score (nSPS) is 14.9. The van der Waals surface area contributed by atoms with Crippen LogP contribution in [0.5, 0.6) is 0 Å². The van der Waals surface area contributed by atoms with Crippen molar-refractivity contribution in [3.05, 3.63) is 89.0 Å². The number of fused-ring (bicyclic) bond motifs is 1. The SMILES string of the molecule is O=[N+]([O-])c1ccccc1S(=O)(=O)N1CCN(c2ccc(-c3ccc4ccccc4c3)nn2)CC1. The zero-order valence-electron chi connectivity index (χ0n) is 18.1. The number of rotatable bonds is 5. The Morgan fingerprint density at radius 1 is 0.794 bits per heavy atom. The number of nitrogens with zero attached hydrogens (tertiary/aromatic N) is 5. The minimum Gasteiger partial charge on any atom is -0.352 e. The first-order valence-electron chi connectivity index (χ1n) is 10.7. The summed E-state index contributed by atoms with van der Waals surface area (Å²) in [6.45, 7) is 1.21. The van der Waals surface area contributed by atoms with E-state index in [1.807, 2.05) is 35.2 Å². The van der Waals surface area contributed by atoms with Crippen molar-refractivity contribution in [3.8, 4) is 11.3 Å². The van der Waals surface area contributed by atoms with Crippen molar-refractivity contribution in [2.24, 2.45) is 0 Å². The van der Waals surface area contributed by atoms with Crippen LogP contribution in [-0.2, 0) is 10.0 Å². The molecule has 1 aromatic heterocycles. The molecule has 0 spiro atoms. The third-order valence-electron chi connectivity index (χ3n) is 5.94. The number of anilines is 1. The van der Waals surface area contributed by atoms with Gasteiger partial charge in [-0.05, 0) is 35.0 Å². The number of benzene rings is 3. The Morgan fingerprint density at radius 3 is 2.21 bits per heavy atom. The summed E-state index contributed by atoms with van der Waals surface area (Å²) < 4.78 is 27.3. The van der Waals surface area contributed by atoms with Crippen molar-refractivity contribution >= 4 is 32.3 Å². The summed E-state index contributed by atoms with van der Waals surface area (Å²) >= 11 is 0. The monoisotopic (exact) mass is 475 g/mol. The van der Waals surface area contributed by atoms with Gasteiger partial charge in [0.25, 0.3) is 5.69 Å². The van der Waals surface area contributed by atoms with Crippen molar-refractivity contribution in [3.63, 3.8) is 0 Å². The van der Waals surface area contributed by atoms with Crippen LogP contribution in [0.3, 0.4) is 0 Å². The molecular weight excluding hydrogens is 454 g/mol. The van der Waals surface area contributed by atoms with Crippen molar-refractivity contribution in [1.82, 2.24) is 14.5 Å². The van der Waals surface area contributed by atoms with Gasteiger partial charge < -0.3 is 4.90 Å². The lowest BCUT2D eigenvalue weighted by molar-refractivity contribution is -0.387. The standard InChI is InChI=1S/C24H21N5O4S/c30-29(31)22-7-3-4-8-23(22)34(32,33)28-15-13-27(14-16-28)24-12-11-21(25-26-24)20-10-9-18-5-1-2-6-19(18)17-20/h1-12,17H,13-16H2. The maximum Gasteiger partial charge on any atom is 0.289 e. The van der Waals surface area contributed by atoms with Gasteiger partial charge in [-0.25, -0.2) is 8.42 Å². The summed E-state index contributed by atoms with van der Waals surface area (Å²) in [6, 6.07) is 23.5. The van der Waals surface area contributed by atoms with Gasteiger partial charge in [0, 0.05) is 37.8 Å². The first-order valence-corrected chi connectivity index (χ1v) is 12.2. The van der Waals surface area contributed by atoms with E-state index < -0.39 is 20.6 Å². The molecule has 0 saturated carbocycles. The Morgan fingerprint density at radius 2 is 1.50 bits per heavy atom. The molecule has 4 aromatic rings. The minimum atomic E-state index is -3.98. The van der Waals surface area contributed by atoms with Gasteiger partial charge in [0.2, 0.25) is 10.0 Å². The molecule has 1 aliphatic heterocycles. The van der Waals surface area contributed by atoms with Gasteiger partial charge in [-0.1, -0.05) is 48.5 Å². The average molecular weight is 476 g/mol. The number of hydrogen-bond acceptors (Lipinski definition) is 7. The molecule has 0 bridgehead atoms. The van der Waals surface area contributed by atoms with E-state index in [-0.39, 0.29) is 18.0 Å². The molecule has 0 amide bonds. The summed E-state index contributed by atoms with van der Waals surface area (Å²) in [6.07, 6.45) is 0. The molecule has 5 rings (SSSR count). The number of aromatic nitrogens is 2. The van der Waals surface area contributed by atoms with Gasteiger partial charge in [0.1, 0.15) is 0 Å². The fraction of sp³-hybridized carbons (Fsp3) is 0.167. The van der Waals surface area contributed by atoms with Crippen LogP contribution >= 0.6 is 0 Å². The van der Waals surface area contributed by atoms with E-state index in [0.717, 1.165) is 22.0 Å². The van der Waals surface area contributed by atoms with E-state index in [1.54, 1.807) is 0 Å². The molecule has 3 aromatic carbocycles. The lowest BCUT2D eigenvalue weighted by Gasteiger charge is -2.34. The van der Waals surface area contributed by atoms with E-state index in [0.29, 0.717) is 18.9 Å². The smallest absolute Gasteiger partial charge is 0.289 e. The van der Waals surface area contributed by atoms with E-state index >= 15 is 0 Å². The number of sulfonamides is 1. The number of nitro benzene ring substituents is 1. The lowest BCUT2D eigenvalue weighted by Crippen LogP contribution is -2.49. The molecule has 0 radical (unpaired) electrons. The zero-order valence-corrected chi connectivity index (χ0v) is 18.9. The lowest BCUT2D eigenvalue weighted by atomic mass is 10.1. The summed E-state index contributed by atoms with van der Waals surface area (Å²) in [7, 11) is -3.98. The molecule has 1 aliphatic rings. The predicted molar refractivity (Wildman–Crippen MR) is 129 cm³/mol. The molecule has 2 heterocycles. The van der Waals surface area contributed by atoms with Crippen molar-refractivity contribution < 1.29 is 13.3 Å². The quantitative estimate of drug-likeness (QED) is 0.320. The topological polar surface area (TPSA) is 110 Å². The Bertz CT molecular complexity index is 1470. The summed E-state index contributed by atoms with van der Waals surface area (Å²) in [5, 5.41) is 22.3. The van der Waals surface area contributed by atoms with Gasteiger partial charge in [-0.3, -0.25) is 10.1 Å². The van der Waals surface area contributed by atoms with Crippen LogP contribution in [-0.4, -0.2) is 54.0 Å². The first-order chi connectivity index (χ1) is 16.4. The number of nitro groups is 1. The van der Waals surface area contributed by atoms with Crippen molar-refractivity contribution in [1.29, 1.82) is 0 Å². The molecule has 0 unspecified atom stereocenters. The second kappa shape index (κ2) is 8.81. The van der Waals surface area contributed by atoms with E-state index in [4.69, 9.17) is 0 Å². The molecule has 0 N–H and O–H groups in total. The van der Waals surface area contributed by atoms with Crippen LogP contribution in [0.25, 0.3) is 22.0 Å². The highest BCUT2D eigenvalue weighted by Crippen LogP contribution is 2.28. The molecule has 172 valence electrons. The average Bonchev–Trinajstić information content (AvgIpc) is 2.88. The number of hydrogen-bond donors (Lipinski definition) is 0. The zero-order chi connectivity index (χ0) is 23.7. The molecule has 0 atom stereocenters.